The van der Waals surface area contributed by atoms with Crippen molar-refractivity contribution in [2.75, 3.05) is 19.7 Å². The minimum Gasteiger partial charge on any atom is -0.494 e. The van der Waals surface area contributed by atoms with E-state index in [1.54, 1.807) is 17.1 Å². The van der Waals surface area contributed by atoms with Gasteiger partial charge in [-0.1, -0.05) is 31.2 Å². The summed E-state index contributed by atoms with van der Waals surface area (Å²) in [6.45, 7) is 11.6. The summed E-state index contributed by atoms with van der Waals surface area (Å²) < 4.78 is 5.52. The van der Waals surface area contributed by atoms with Crippen LogP contribution in [0.5, 0.6) is 5.75 Å². The summed E-state index contributed by atoms with van der Waals surface area (Å²) in [6.07, 6.45) is 4.38. The van der Waals surface area contributed by atoms with Crippen molar-refractivity contribution in [2.45, 2.75) is 19.9 Å². The van der Waals surface area contributed by atoms with E-state index in [-0.39, 0.29) is 6.03 Å². The van der Waals surface area contributed by atoms with Gasteiger partial charge in [-0.3, -0.25) is 0 Å². The highest BCUT2D eigenvalue weighted by Crippen LogP contribution is 2.12. The molecule has 0 atom stereocenters. The minimum absolute atomic E-state index is 0.124. The summed E-state index contributed by atoms with van der Waals surface area (Å²) in [5.41, 5.74) is 1.03. The standard InChI is InChI=1S/C17H24N2O2/c1-4-11-19(12-5-2)17(20)18-14-15-7-9-16(10-8-15)21-13-6-3/h4-5,7-10H,1-2,6,11-14H2,3H3,(H,18,20). The van der Waals surface area contributed by atoms with Crippen LogP contribution in [0.2, 0.25) is 0 Å². The summed E-state index contributed by atoms with van der Waals surface area (Å²) in [4.78, 5) is 13.6. The average molecular weight is 288 g/mol. The first-order valence-corrected chi connectivity index (χ1v) is 7.17. The summed E-state index contributed by atoms with van der Waals surface area (Å²) in [5, 5.41) is 2.88. The van der Waals surface area contributed by atoms with Crippen LogP contribution < -0.4 is 10.1 Å². The van der Waals surface area contributed by atoms with E-state index < -0.39 is 0 Å². The number of carbonyl (C=O) groups is 1. The second-order valence-electron chi connectivity index (χ2n) is 4.63. The van der Waals surface area contributed by atoms with Crippen LogP contribution in [-0.4, -0.2) is 30.6 Å². The molecule has 0 spiro atoms. The maximum atomic E-state index is 12.0. The molecule has 1 aromatic rings. The Balaban J connectivity index is 2.47. The van der Waals surface area contributed by atoms with E-state index in [0.717, 1.165) is 17.7 Å². The molecule has 0 radical (unpaired) electrons. The van der Waals surface area contributed by atoms with Crippen LogP contribution in [0.15, 0.2) is 49.6 Å². The van der Waals surface area contributed by atoms with E-state index >= 15 is 0 Å². The number of hydrogen-bond acceptors (Lipinski definition) is 2. The van der Waals surface area contributed by atoms with Crippen molar-refractivity contribution in [1.82, 2.24) is 10.2 Å². The van der Waals surface area contributed by atoms with Crippen molar-refractivity contribution < 1.29 is 9.53 Å². The average Bonchev–Trinajstić information content (AvgIpc) is 2.51. The van der Waals surface area contributed by atoms with Gasteiger partial charge in [0.1, 0.15) is 5.75 Å². The van der Waals surface area contributed by atoms with Crippen molar-refractivity contribution in [3.8, 4) is 5.75 Å². The van der Waals surface area contributed by atoms with Gasteiger partial charge < -0.3 is 15.0 Å². The molecule has 0 aliphatic heterocycles. The van der Waals surface area contributed by atoms with Gasteiger partial charge in [-0.15, -0.1) is 13.2 Å². The first-order valence-electron chi connectivity index (χ1n) is 7.17. The zero-order chi connectivity index (χ0) is 15.5. The van der Waals surface area contributed by atoms with Gasteiger partial charge in [-0.2, -0.15) is 0 Å². The second kappa shape index (κ2) is 9.64. The maximum Gasteiger partial charge on any atom is 0.318 e. The number of ether oxygens (including phenoxy) is 1. The molecule has 0 aliphatic rings. The Labute approximate surface area is 127 Å². The molecule has 1 aromatic carbocycles. The minimum atomic E-state index is -0.124. The first-order chi connectivity index (χ1) is 10.2. The highest BCUT2D eigenvalue weighted by Gasteiger charge is 2.09. The third-order valence-electron chi connectivity index (χ3n) is 2.83. The summed E-state index contributed by atoms with van der Waals surface area (Å²) in [6, 6.07) is 7.62. The highest BCUT2D eigenvalue weighted by molar-refractivity contribution is 5.74. The predicted octanol–water partition coefficient (Wildman–Crippen LogP) is 3.36. The van der Waals surface area contributed by atoms with Crippen molar-refractivity contribution in [2.24, 2.45) is 0 Å². The molecule has 4 heteroatoms. The number of rotatable bonds is 9. The zero-order valence-electron chi connectivity index (χ0n) is 12.7. The van der Waals surface area contributed by atoms with Crippen LogP contribution in [0.4, 0.5) is 4.79 Å². The molecule has 0 aliphatic carbocycles. The Morgan fingerprint density at radius 2 is 1.86 bits per heavy atom. The molecule has 21 heavy (non-hydrogen) atoms. The molecule has 0 aromatic heterocycles. The van der Waals surface area contributed by atoms with Gasteiger partial charge >= 0.3 is 6.03 Å². The highest BCUT2D eigenvalue weighted by atomic mass is 16.5. The summed E-state index contributed by atoms with van der Waals surface area (Å²) in [7, 11) is 0. The Morgan fingerprint density at radius 3 is 2.38 bits per heavy atom. The summed E-state index contributed by atoms with van der Waals surface area (Å²) >= 11 is 0. The van der Waals surface area contributed by atoms with Crippen LogP contribution in [0.25, 0.3) is 0 Å². The van der Waals surface area contributed by atoms with Crippen LogP contribution in [-0.2, 0) is 6.54 Å². The van der Waals surface area contributed by atoms with Gasteiger partial charge in [0.05, 0.1) is 6.61 Å². The maximum absolute atomic E-state index is 12.0. The lowest BCUT2D eigenvalue weighted by atomic mass is 10.2. The number of carbonyl (C=O) groups excluding carboxylic acids is 1. The molecule has 1 N–H and O–H groups in total. The largest absolute Gasteiger partial charge is 0.494 e. The second-order valence-corrected chi connectivity index (χ2v) is 4.63. The zero-order valence-corrected chi connectivity index (χ0v) is 12.7. The quantitative estimate of drug-likeness (QED) is 0.708. The van der Waals surface area contributed by atoms with Gasteiger partial charge in [0.15, 0.2) is 0 Å². The van der Waals surface area contributed by atoms with E-state index in [1.165, 1.54) is 0 Å². The molecule has 0 saturated carbocycles. The van der Waals surface area contributed by atoms with Crippen molar-refractivity contribution in [3.05, 3.63) is 55.1 Å². The van der Waals surface area contributed by atoms with Gasteiger partial charge in [0.25, 0.3) is 0 Å². The fourth-order valence-corrected chi connectivity index (χ4v) is 1.76. The Hall–Kier alpha value is -2.23. The third-order valence-corrected chi connectivity index (χ3v) is 2.83. The topological polar surface area (TPSA) is 41.6 Å². The lowest BCUT2D eigenvalue weighted by Crippen LogP contribution is -2.39. The van der Waals surface area contributed by atoms with Crippen LogP contribution in [0.1, 0.15) is 18.9 Å². The number of amides is 2. The van der Waals surface area contributed by atoms with Gasteiger partial charge in [-0.05, 0) is 24.1 Å². The number of nitrogens with one attached hydrogen (secondary N) is 1. The number of benzene rings is 1. The Bertz CT molecular complexity index is 444. The molecular weight excluding hydrogens is 264 g/mol. The van der Waals surface area contributed by atoms with Gasteiger partial charge in [-0.25, -0.2) is 4.79 Å². The molecule has 0 fully saturated rings. The van der Waals surface area contributed by atoms with E-state index in [0.29, 0.717) is 26.2 Å². The molecule has 4 nitrogen and oxygen atoms in total. The van der Waals surface area contributed by atoms with Crippen LogP contribution in [0, 0.1) is 0 Å². The summed E-state index contributed by atoms with van der Waals surface area (Å²) in [5.74, 6) is 0.854. The van der Waals surface area contributed by atoms with E-state index in [1.807, 2.05) is 24.3 Å². The molecule has 2 amide bonds. The molecule has 0 bridgehead atoms. The monoisotopic (exact) mass is 288 g/mol. The Kier molecular flexibility index (Phi) is 7.72. The SMILES string of the molecule is C=CCN(CC=C)C(=O)NCc1ccc(OCCC)cc1. The first kappa shape index (κ1) is 16.8. The lowest BCUT2D eigenvalue weighted by Gasteiger charge is -2.19. The fraction of sp³-hybridized carbons (Fsp3) is 0.353. The van der Waals surface area contributed by atoms with Crippen molar-refractivity contribution in [3.63, 3.8) is 0 Å². The lowest BCUT2D eigenvalue weighted by molar-refractivity contribution is 0.208. The molecule has 1 rings (SSSR count). The molecule has 114 valence electrons. The number of nitrogens with zero attached hydrogens (tertiary/aromatic N) is 1. The molecule has 0 saturated heterocycles. The molecular formula is C17H24N2O2. The number of hydrogen-bond donors (Lipinski definition) is 1. The normalized spacial score (nSPS) is 9.76. The molecule has 0 unspecified atom stereocenters. The van der Waals surface area contributed by atoms with Gasteiger partial charge in [0, 0.05) is 19.6 Å². The smallest absolute Gasteiger partial charge is 0.318 e. The van der Waals surface area contributed by atoms with E-state index in [9.17, 15) is 4.79 Å². The van der Waals surface area contributed by atoms with Crippen molar-refractivity contribution >= 4 is 6.03 Å². The molecule has 0 heterocycles. The van der Waals surface area contributed by atoms with Gasteiger partial charge in [0.2, 0.25) is 0 Å². The van der Waals surface area contributed by atoms with E-state index in [4.69, 9.17) is 4.74 Å². The Morgan fingerprint density at radius 1 is 1.24 bits per heavy atom. The number of urea groups is 1. The van der Waals surface area contributed by atoms with Crippen LogP contribution >= 0.6 is 0 Å². The van der Waals surface area contributed by atoms with E-state index in [2.05, 4.69) is 25.4 Å². The van der Waals surface area contributed by atoms with Crippen LogP contribution in [0.3, 0.4) is 0 Å². The van der Waals surface area contributed by atoms with Crippen molar-refractivity contribution in [1.29, 1.82) is 0 Å². The fourth-order valence-electron chi connectivity index (χ4n) is 1.76. The third kappa shape index (κ3) is 6.17. The predicted molar refractivity (Wildman–Crippen MR) is 86.4 cm³/mol.